The molecule has 2 aliphatic carbocycles. The molecule has 2 amide bonds. The topological polar surface area (TPSA) is 115 Å². The van der Waals surface area contributed by atoms with Crippen LogP contribution >= 0.6 is 11.8 Å². The molecule has 0 aromatic heterocycles. The van der Waals surface area contributed by atoms with E-state index in [1.54, 1.807) is 45.2 Å². The predicted molar refractivity (Wildman–Crippen MR) is 173 cm³/mol. The highest BCUT2D eigenvalue weighted by Gasteiger charge is 2.30. The van der Waals surface area contributed by atoms with Crippen molar-refractivity contribution in [2.75, 3.05) is 38.7 Å². The van der Waals surface area contributed by atoms with Gasteiger partial charge in [-0.2, -0.15) is 11.8 Å². The minimum atomic E-state index is -0.553. The SMILES string of the molecule is COc1cc2c(c(OC)c1OC)-c1ccc(N[C@H](CCSC)C(=O)NC3CCCCCC3)c(=O)cc1[C@H](NC(C)=O)CC2. The lowest BCUT2D eigenvalue weighted by molar-refractivity contribution is -0.122. The van der Waals surface area contributed by atoms with Crippen molar-refractivity contribution in [2.24, 2.45) is 0 Å². The zero-order valence-corrected chi connectivity index (χ0v) is 26.8. The van der Waals surface area contributed by atoms with Gasteiger partial charge in [-0.25, -0.2) is 0 Å². The summed E-state index contributed by atoms with van der Waals surface area (Å²) in [5.74, 6) is 2.00. The zero-order chi connectivity index (χ0) is 30.9. The van der Waals surface area contributed by atoms with Gasteiger partial charge in [0, 0.05) is 18.5 Å². The fourth-order valence-corrected chi connectivity index (χ4v) is 6.72. The van der Waals surface area contributed by atoms with Crippen LogP contribution in [0.4, 0.5) is 5.69 Å². The first-order chi connectivity index (χ1) is 20.8. The molecule has 0 saturated heterocycles. The third-order valence-electron chi connectivity index (χ3n) is 8.37. The van der Waals surface area contributed by atoms with Gasteiger partial charge in [-0.05, 0) is 79.0 Å². The van der Waals surface area contributed by atoms with E-state index in [0.717, 1.165) is 48.1 Å². The van der Waals surface area contributed by atoms with Crippen LogP contribution in [-0.2, 0) is 16.0 Å². The van der Waals surface area contributed by atoms with Crippen molar-refractivity contribution in [3.05, 3.63) is 45.6 Å². The normalized spacial score (nSPS) is 17.3. The van der Waals surface area contributed by atoms with E-state index in [1.165, 1.54) is 19.8 Å². The molecule has 0 unspecified atom stereocenters. The molecular weight excluding hydrogens is 566 g/mol. The average Bonchev–Trinajstić information content (AvgIpc) is 3.40. The molecule has 2 aliphatic rings. The van der Waals surface area contributed by atoms with Crippen LogP contribution in [-0.4, -0.2) is 57.2 Å². The summed E-state index contributed by atoms with van der Waals surface area (Å²) in [6.07, 6.45) is 10.4. The highest BCUT2D eigenvalue weighted by Crippen LogP contribution is 2.50. The van der Waals surface area contributed by atoms with Gasteiger partial charge in [0.05, 0.1) is 33.1 Å². The molecule has 0 radical (unpaired) electrons. The fourth-order valence-electron chi connectivity index (χ4n) is 6.24. The summed E-state index contributed by atoms with van der Waals surface area (Å²) in [6.45, 7) is 1.47. The van der Waals surface area contributed by atoms with Gasteiger partial charge < -0.3 is 30.2 Å². The molecule has 2 atom stereocenters. The molecular formula is C33H45N3O6S. The number of hydrogen-bond donors (Lipinski definition) is 3. The molecule has 2 aromatic rings. The number of carbonyl (C=O) groups is 2. The lowest BCUT2D eigenvalue weighted by Crippen LogP contribution is -2.45. The molecule has 0 aliphatic heterocycles. The van der Waals surface area contributed by atoms with Crippen molar-refractivity contribution in [3.63, 3.8) is 0 Å². The van der Waals surface area contributed by atoms with Crippen LogP contribution in [0.1, 0.15) is 75.5 Å². The maximum absolute atomic E-state index is 13.8. The molecule has 0 bridgehead atoms. The van der Waals surface area contributed by atoms with Gasteiger partial charge in [-0.3, -0.25) is 14.4 Å². The average molecular weight is 612 g/mol. The lowest BCUT2D eigenvalue weighted by Gasteiger charge is -2.23. The highest BCUT2D eigenvalue weighted by atomic mass is 32.2. The van der Waals surface area contributed by atoms with Crippen molar-refractivity contribution in [2.45, 2.75) is 82.8 Å². The molecule has 0 heterocycles. The van der Waals surface area contributed by atoms with E-state index in [9.17, 15) is 14.4 Å². The predicted octanol–water partition coefficient (Wildman–Crippen LogP) is 5.24. The van der Waals surface area contributed by atoms with Crippen molar-refractivity contribution in [1.82, 2.24) is 10.6 Å². The number of thioether (sulfide) groups is 1. The summed E-state index contributed by atoms with van der Waals surface area (Å²) in [4.78, 5) is 39.6. The largest absolute Gasteiger partial charge is 0.493 e. The summed E-state index contributed by atoms with van der Waals surface area (Å²) in [5.41, 5.74) is 3.25. The van der Waals surface area contributed by atoms with Gasteiger partial charge in [0.2, 0.25) is 23.0 Å². The summed E-state index contributed by atoms with van der Waals surface area (Å²) in [7, 11) is 4.71. The molecule has 234 valence electrons. The second-order valence-electron chi connectivity index (χ2n) is 11.3. The molecule has 10 heteroatoms. The van der Waals surface area contributed by atoms with Crippen LogP contribution in [0, 0.1) is 0 Å². The maximum Gasteiger partial charge on any atom is 0.242 e. The highest BCUT2D eigenvalue weighted by molar-refractivity contribution is 7.98. The number of carbonyl (C=O) groups excluding carboxylic acids is 2. The Hall–Kier alpha value is -3.40. The number of benzene rings is 1. The molecule has 9 nitrogen and oxygen atoms in total. The van der Waals surface area contributed by atoms with Gasteiger partial charge in [0.15, 0.2) is 11.5 Å². The first-order valence-corrected chi connectivity index (χ1v) is 16.5. The minimum Gasteiger partial charge on any atom is -0.493 e. The minimum absolute atomic E-state index is 0.0756. The van der Waals surface area contributed by atoms with Crippen molar-refractivity contribution >= 4 is 29.3 Å². The molecule has 1 saturated carbocycles. The molecule has 43 heavy (non-hydrogen) atoms. The molecule has 4 rings (SSSR count). The summed E-state index contributed by atoms with van der Waals surface area (Å²) in [6, 6.07) is 6.33. The van der Waals surface area contributed by atoms with Gasteiger partial charge in [-0.15, -0.1) is 0 Å². The summed E-state index contributed by atoms with van der Waals surface area (Å²) in [5, 5.41) is 9.59. The van der Waals surface area contributed by atoms with E-state index in [1.807, 2.05) is 18.4 Å². The van der Waals surface area contributed by atoms with E-state index >= 15 is 0 Å². The quantitative estimate of drug-likeness (QED) is 0.296. The number of aryl methyl sites for hydroxylation is 1. The summed E-state index contributed by atoms with van der Waals surface area (Å²) >= 11 is 1.67. The van der Waals surface area contributed by atoms with Crippen LogP contribution in [0.5, 0.6) is 17.2 Å². The Morgan fingerprint density at radius 1 is 0.953 bits per heavy atom. The number of methoxy groups -OCH3 is 3. The second-order valence-corrected chi connectivity index (χ2v) is 12.3. The van der Waals surface area contributed by atoms with Crippen molar-refractivity contribution < 1.29 is 23.8 Å². The van der Waals surface area contributed by atoms with Gasteiger partial charge in [-0.1, -0.05) is 31.7 Å². The third-order valence-corrected chi connectivity index (χ3v) is 9.02. The van der Waals surface area contributed by atoms with E-state index in [2.05, 4.69) is 16.0 Å². The van der Waals surface area contributed by atoms with Crippen LogP contribution < -0.4 is 35.6 Å². The Labute approximate surface area is 258 Å². The number of anilines is 1. The Kier molecular flexibility index (Phi) is 11.6. The van der Waals surface area contributed by atoms with Gasteiger partial charge in [0.25, 0.3) is 0 Å². The van der Waals surface area contributed by atoms with Crippen LogP contribution in [0.3, 0.4) is 0 Å². The number of rotatable bonds is 11. The monoisotopic (exact) mass is 611 g/mol. The standard InChI is InChI=1S/C33H45N3O6S/c1-20(37)34-25-14-12-21-18-29(40-2)31(41-3)32(42-4)30(21)23-13-15-26(28(38)19-24(23)25)36-27(16-17-43-5)33(39)35-22-10-8-6-7-9-11-22/h13,15,18-19,22,25,27H,6-12,14,16-17H2,1-5H3,(H,34,37)(H,35,39)(H,36,38)/t25-,27-/m1/s1. The smallest absolute Gasteiger partial charge is 0.242 e. The Bertz CT molecular complexity index is 1360. The number of fused-ring (bicyclic) bond motifs is 3. The van der Waals surface area contributed by atoms with Gasteiger partial charge >= 0.3 is 0 Å². The van der Waals surface area contributed by atoms with E-state index in [-0.39, 0.29) is 23.3 Å². The third kappa shape index (κ3) is 7.77. The fraction of sp³-hybridized carbons (Fsp3) is 0.545. The number of hydrogen-bond acceptors (Lipinski definition) is 8. The van der Waals surface area contributed by atoms with E-state index in [0.29, 0.717) is 47.8 Å². The van der Waals surface area contributed by atoms with Crippen LogP contribution in [0.2, 0.25) is 0 Å². The Balaban J connectivity index is 1.80. The van der Waals surface area contributed by atoms with Gasteiger partial charge in [0.1, 0.15) is 6.04 Å². The lowest BCUT2D eigenvalue weighted by atomic mass is 9.95. The molecule has 2 aromatic carbocycles. The zero-order valence-electron chi connectivity index (χ0n) is 26.0. The van der Waals surface area contributed by atoms with E-state index in [4.69, 9.17) is 14.2 Å². The number of ether oxygens (including phenoxy) is 3. The second kappa shape index (κ2) is 15.4. The summed E-state index contributed by atoms with van der Waals surface area (Å²) < 4.78 is 17.2. The molecule has 1 fully saturated rings. The maximum atomic E-state index is 13.8. The molecule has 3 N–H and O–H groups in total. The van der Waals surface area contributed by atoms with Crippen LogP contribution in [0.25, 0.3) is 11.1 Å². The first-order valence-electron chi connectivity index (χ1n) is 15.1. The Morgan fingerprint density at radius 2 is 1.67 bits per heavy atom. The Morgan fingerprint density at radius 3 is 2.30 bits per heavy atom. The van der Waals surface area contributed by atoms with Crippen LogP contribution in [0.15, 0.2) is 29.1 Å². The molecule has 0 spiro atoms. The van der Waals surface area contributed by atoms with Crippen molar-refractivity contribution in [3.8, 4) is 28.4 Å². The van der Waals surface area contributed by atoms with Crippen molar-refractivity contribution in [1.29, 1.82) is 0 Å². The van der Waals surface area contributed by atoms with E-state index < -0.39 is 12.1 Å². The number of amides is 2. The number of nitrogens with one attached hydrogen (secondary N) is 3. The first kappa shape index (κ1) is 32.5.